The number of nitrogens with one attached hydrogen (secondary N) is 1. The first-order valence-electron chi connectivity index (χ1n) is 9.92. The second-order valence-electron chi connectivity index (χ2n) is 7.10. The Kier molecular flexibility index (Phi) is 6.53. The van der Waals surface area contributed by atoms with Gasteiger partial charge in [0.1, 0.15) is 19.3 Å². The minimum absolute atomic E-state index is 0.0865. The van der Waals surface area contributed by atoms with Crippen LogP contribution in [0.4, 0.5) is 5.69 Å². The average molecular weight is 473 g/mol. The summed E-state index contributed by atoms with van der Waals surface area (Å²) in [7, 11) is -3.97. The van der Waals surface area contributed by atoms with E-state index < -0.39 is 22.5 Å². The summed E-state index contributed by atoms with van der Waals surface area (Å²) in [4.78, 5) is 12.8. The van der Waals surface area contributed by atoms with Gasteiger partial charge >= 0.3 is 0 Å². The molecule has 0 aliphatic carbocycles. The van der Waals surface area contributed by atoms with Crippen molar-refractivity contribution in [3.05, 3.63) is 83.9 Å². The van der Waals surface area contributed by atoms with Crippen molar-refractivity contribution >= 4 is 33.2 Å². The molecule has 0 saturated heterocycles. The molecule has 0 radical (unpaired) electrons. The Labute approximate surface area is 191 Å². The fourth-order valence-corrected chi connectivity index (χ4v) is 4.79. The van der Waals surface area contributed by atoms with E-state index in [0.29, 0.717) is 22.2 Å². The van der Waals surface area contributed by atoms with E-state index in [0.717, 1.165) is 4.31 Å². The molecule has 0 aromatic heterocycles. The summed E-state index contributed by atoms with van der Waals surface area (Å²) in [5, 5.41) is 3.21. The fraction of sp³-hybridized carbons (Fsp3) is 0.174. The molecule has 32 heavy (non-hydrogen) atoms. The number of para-hydroxylation sites is 2. The van der Waals surface area contributed by atoms with Crippen molar-refractivity contribution < 1.29 is 22.7 Å². The number of carbonyl (C=O) groups is 1. The van der Waals surface area contributed by atoms with Gasteiger partial charge in [-0.2, -0.15) is 0 Å². The molecular formula is C23H21ClN2O5S. The Balaban J connectivity index is 1.47. The Bertz CT molecular complexity index is 1190. The van der Waals surface area contributed by atoms with Crippen LogP contribution in [0.25, 0.3) is 0 Å². The highest BCUT2D eigenvalue weighted by molar-refractivity contribution is 7.92. The largest absolute Gasteiger partial charge is 0.486 e. The van der Waals surface area contributed by atoms with Crippen LogP contribution in [-0.4, -0.2) is 40.1 Å². The Hall–Kier alpha value is -3.23. The summed E-state index contributed by atoms with van der Waals surface area (Å²) < 4.78 is 39.1. The molecule has 7 nitrogen and oxygen atoms in total. The molecule has 3 aromatic rings. The molecule has 0 spiro atoms. The third kappa shape index (κ3) is 4.98. The number of hydrogen-bond acceptors (Lipinski definition) is 5. The zero-order valence-corrected chi connectivity index (χ0v) is 18.6. The third-order valence-corrected chi connectivity index (χ3v) is 6.87. The van der Waals surface area contributed by atoms with E-state index >= 15 is 0 Å². The number of sulfonamides is 1. The van der Waals surface area contributed by atoms with Gasteiger partial charge in [0.05, 0.1) is 17.1 Å². The minimum Gasteiger partial charge on any atom is -0.486 e. The van der Waals surface area contributed by atoms with Crippen LogP contribution in [0.15, 0.2) is 83.8 Å². The lowest BCUT2D eigenvalue weighted by Gasteiger charge is -2.27. The Morgan fingerprint density at radius 1 is 0.969 bits per heavy atom. The van der Waals surface area contributed by atoms with Gasteiger partial charge in [-0.1, -0.05) is 41.9 Å². The highest BCUT2D eigenvalue weighted by Gasteiger charge is 2.28. The topological polar surface area (TPSA) is 84.9 Å². The second kappa shape index (κ2) is 9.50. The van der Waals surface area contributed by atoms with Crippen LogP contribution in [0.3, 0.4) is 0 Å². The predicted molar refractivity (Wildman–Crippen MR) is 122 cm³/mol. The molecule has 3 aromatic carbocycles. The summed E-state index contributed by atoms with van der Waals surface area (Å²) in [6.07, 6.45) is -0.386. The lowest BCUT2D eigenvalue weighted by atomic mass is 10.2. The van der Waals surface area contributed by atoms with Gasteiger partial charge < -0.3 is 14.8 Å². The molecule has 1 aliphatic rings. The molecule has 0 fully saturated rings. The van der Waals surface area contributed by atoms with E-state index in [1.54, 1.807) is 48.5 Å². The van der Waals surface area contributed by atoms with Crippen molar-refractivity contribution in [2.75, 3.05) is 24.0 Å². The molecule has 4 rings (SSSR count). The fourth-order valence-electron chi connectivity index (χ4n) is 3.22. The van der Waals surface area contributed by atoms with Gasteiger partial charge in [-0.05, 0) is 48.5 Å². The van der Waals surface area contributed by atoms with E-state index in [-0.39, 0.29) is 24.2 Å². The molecule has 9 heteroatoms. The third-order valence-electron chi connectivity index (χ3n) is 4.83. The van der Waals surface area contributed by atoms with Crippen molar-refractivity contribution in [1.29, 1.82) is 0 Å². The number of halogens is 1. The molecule has 1 amide bonds. The number of ether oxygens (including phenoxy) is 2. The van der Waals surface area contributed by atoms with Gasteiger partial charge in [0.2, 0.25) is 5.91 Å². The number of rotatable bonds is 7. The Morgan fingerprint density at radius 3 is 2.34 bits per heavy atom. The van der Waals surface area contributed by atoms with Gasteiger partial charge in [-0.15, -0.1) is 0 Å². The van der Waals surface area contributed by atoms with Gasteiger partial charge in [-0.3, -0.25) is 9.10 Å². The van der Waals surface area contributed by atoms with Crippen LogP contribution in [0, 0.1) is 0 Å². The monoisotopic (exact) mass is 472 g/mol. The van der Waals surface area contributed by atoms with Crippen LogP contribution in [0.1, 0.15) is 0 Å². The molecule has 0 unspecified atom stereocenters. The normalized spacial score (nSPS) is 15.1. The summed E-state index contributed by atoms with van der Waals surface area (Å²) in [6, 6.07) is 21.5. The predicted octanol–water partition coefficient (Wildman–Crippen LogP) is 3.49. The summed E-state index contributed by atoms with van der Waals surface area (Å²) in [5.41, 5.74) is 0.333. The maximum atomic E-state index is 13.3. The van der Waals surface area contributed by atoms with E-state index in [1.165, 1.54) is 12.1 Å². The molecule has 0 bridgehead atoms. The molecular weight excluding hydrogens is 452 g/mol. The molecule has 1 heterocycles. The number of nitrogens with zero attached hydrogens (tertiary/aromatic N) is 1. The van der Waals surface area contributed by atoms with Gasteiger partial charge in [0.15, 0.2) is 11.5 Å². The SMILES string of the molecule is O=C(CN(c1ccc(Cl)cc1)S(=O)(=O)c1ccccc1)NC[C@@H]1COc2ccccc2O1. The van der Waals surface area contributed by atoms with Crippen molar-refractivity contribution in [2.45, 2.75) is 11.0 Å². The maximum absolute atomic E-state index is 13.3. The maximum Gasteiger partial charge on any atom is 0.264 e. The van der Waals surface area contributed by atoms with Gasteiger partial charge in [0.25, 0.3) is 10.0 Å². The van der Waals surface area contributed by atoms with Crippen LogP contribution < -0.4 is 19.1 Å². The number of benzene rings is 3. The number of carbonyl (C=O) groups excluding carboxylic acids is 1. The zero-order chi connectivity index (χ0) is 22.6. The van der Waals surface area contributed by atoms with E-state index in [9.17, 15) is 13.2 Å². The number of anilines is 1. The van der Waals surface area contributed by atoms with E-state index in [1.807, 2.05) is 18.2 Å². The van der Waals surface area contributed by atoms with Gasteiger partial charge in [-0.25, -0.2) is 8.42 Å². The quantitative estimate of drug-likeness (QED) is 0.569. The summed E-state index contributed by atoms with van der Waals surface area (Å²) in [6.45, 7) is 0.0521. The lowest BCUT2D eigenvalue weighted by Crippen LogP contribution is -2.45. The first kappa shape index (κ1) is 22.0. The summed E-state index contributed by atoms with van der Waals surface area (Å²) >= 11 is 5.95. The van der Waals surface area contributed by atoms with Crippen LogP contribution in [-0.2, 0) is 14.8 Å². The van der Waals surface area contributed by atoms with E-state index in [4.69, 9.17) is 21.1 Å². The highest BCUT2D eigenvalue weighted by Crippen LogP contribution is 2.30. The minimum atomic E-state index is -3.97. The average Bonchev–Trinajstić information content (AvgIpc) is 2.82. The molecule has 1 N–H and O–H groups in total. The number of hydrogen-bond donors (Lipinski definition) is 1. The Morgan fingerprint density at radius 2 is 1.62 bits per heavy atom. The van der Waals surface area contributed by atoms with Crippen molar-refractivity contribution in [3.63, 3.8) is 0 Å². The second-order valence-corrected chi connectivity index (χ2v) is 9.40. The smallest absolute Gasteiger partial charge is 0.264 e. The highest BCUT2D eigenvalue weighted by atomic mass is 35.5. The van der Waals surface area contributed by atoms with Gasteiger partial charge in [0, 0.05) is 5.02 Å². The van der Waals surface area contributed by atoms with Crippen molar-refractivity contribution in [3.8, 4) is 11.5 Å². The first-order chi connectivity index (χ1) is 15.4. The van der Waals surface area contributed by atoms with Crippen LogP contribution >= 0.6 is 11.6 Å². The van der Waals surface area contributed by atoms with Crippen LogP contribution in [0.2, 0.25) is 5.02 Å². The molecule has 0 saturated carbocycles. The lowest BCUT2D eigenvalue weighted by molar-refractivity contribution is -0.120. The standard InChI is InChI=1S/C23H21ClN2O5S/c24-17-10-12-18(13-11-17)26(32(28,29)20-6-2-1-3-7-20)15-23(27)25-14-19-16-30-21-8-4-5-9-22(21)31-19/h1-13,19H,14-16H2,(H,25,27)/t19-/m1/s1. The molecule has 166 valence electrons. The van der Waals surface area contributed by atoms with E-state index in [2.05, 4.69) is 5.32 Å². The molecule has 1 atom stereocenters. The molecule has 1 aliphatic heterocycles. The number of fused-ring (bicyclic) bond motifs is 1. The number of amides is 1. The first-order valence-corrected chi connectivity index (χ1v) is 11.7. The van der Waals surface area contributed by atoms with Crippen LogP contribution in [0.5, 0.6) is 11.5 Å². The van der Waals surface area contributed by atoms with Crippen molar-refractivity contribution in [1.82, 2.24) is 5.32 Å². The van der Waals surface area contributed by atoms with Crippen molar-refractivity contribution in [2.24, 2.45) is 0 Å². The zero-order valence-electron chi connectivity index (χ0n) is 17.0. The summed E-state index contributed by atoms with van der Waals surface area (Å²) in [5.74, 6) is 0.785.